The van der Waals surface area contributed by atoms with Crippen molar-refractivity contribution >= 4 is 34.7 Å². The van der Waals surface area contributed by atoms with E-state index in [1.54, 1.807) is 6.07 Å². The van der Waals surface area contributed by atoms with Gasteiger partial charge in [0.1, 0.15) is 0 Å². The van der Waals surface area contributed by atoms with Gasteiger partial charge in [0.05, 0.1) is 11.6 Å². The minimum absolute atomic E-state index is 0.187. The van der Waals surface area contributed by atoms with E-state index in [0.717, 1.165) is 0 Å². The summed E-state index contributed by atoms with van der Waals surface area (Å²) in [6.07, 6.45) is 0.553. The molecule has 14 heavy (non-hydrogen) atoms. The van der Waals surface area contributed by atoms with Gasteiger partial charge in [-0.15, -0.1) is 0 Å². The van der Waals surface area contributed by atoms with E-state index in [2.05, 4.69) is 0 Å². The van der Waals surface area contributed by atoms with Crippen LogP contribution in [0.15, 0.2) is 12.1 Å². The first kappa shape index (κ1) is 10.9. The van der Waals surface area contributed by atoms with E-state index in [0.29, 0.717) is 15.4 Å². The molecule has 4 heteroatoms. The van der Waals surface area contributed by atoms with Crippen LogP contribution < -0.4 is 0 Å². The zero-order valence-corrected chi connectivity index (χ0v) is 9.53. The van der Waals surface area contributed by atoms with Crippen LogP contribution in [0.5, 0.6) is 0 Å². The van der Waals surface area contributed by atoms with Crippen molar-refractivity contribution in [3.63, 3.8) is 0 Å². The second-order valence-corrected chi connectivity index (χ2v) is 3.83. The Labute approximate surface area is 94.9 Å². The number of hydrogen-bond acceptors (Lipinski definition) is 3. The van der Waals surface area contributed by atoms with Gasteiger partial charge >= 0.3 is 0 Å². The zero-order valence-electron chi connectivity index (χ0n) is 7.37. The third-order valence-electron chi connectivity index (χ3n) is 1.79. The summed E-state index contributed by atoms with van der Waals surface area (Å²) in [5, 5.41) is 8.72. The average Bonchev–Trinajstić information content (AvgIpc) is 2.16. The van der Waals surface area contributed by atoms with Gasteiger partial charge in [0, 0.05) is 14.7 Å². The summed E-state index contributed by atoms with van der Waals surface area (Å²) in [4.78, 5) is 22.0. The van der Waals surface area contributed by atoms with Crippen LogP contribution in [0.4, 0.5) is 0 Å². The largest absolute Gasteiger partial charge is 0.298 e. The normalized spacial score (nSPS) is 9.21. The Kier molecular flexibility index (Phi) is 3.36. The first-order valence-corrected chi connectivity index (χ1v) is 4.88. The van der Waals surface area contributed by atoms with Gasteiger partial charge in [0.15, 0.2) is 12.1 Å². The maximum absolute atomic E-state index is 11.2. The second kappa shape index (κ2) is 4.33. The summed E-state index contributed by atoms with van der Waals surface area (Å²) in [6, 6.07) is 5.08. The molecule has 0 fully saturated rings. The molecule has 3 nitrogen and oxygen atoms in total. The maximum atomic E-state index is 11.2. The average molecular weight is 299 g/mol. The molecule has 0 aromatic heterocycles. The number of benzene rings is 1. The number of nitrogens with zero attached hydrogens (tertiary/aromatic N) is 1. The molecule has 0 atom stereocenters. The smallest absolute Gasteiger partial charge is 0.161 e. The number of ketones is 1. The highest BCUT2D eigenvalue weighted by atomic mass is 127. The Hall–Kier alpha value is -1.22. The van der Waals surface area contributed by atoms with E-state index < -0.39 is 0 Å². The minimum atomic E-state index is -0.200. The Morgan fingerprint density at radius 2 is 2.21 bits per heavy atom. The predicted molar refractivity (Wildman–Crippen MR) is 59.3 cm³/mol. The summed E-state index contributed by atoms with van der Waals surface area (Å²) in [6.45, 7) is 1.38. The van der Waals surface area contributed by atoms with Gasteiger partial charge in [0.2, 0.25) is 0 Å². The number of Topliss-reactive ketones (excluding diaryl/α,β-unsaturated/α-hetero) is 1. The molecule has 0 spiro atoms. The molecule has 0 unspecified atom stereocenters. The SMILES string of the molecule is CC(=O)c1c(I)ccc(C#N)c1C=O. The lowest BCUT2D eigenvalue weighted by molar-refractivity contribution is 0.100. The summed E-state index contributed by atoms with van der Waals surface area (Å²) < 4.78 is 0.691. The van der Waals surface area contributed by atoms with Crippen molar-refractivity contribution in [3.8, 4) is 6.07 Å². The molecule has 1 aromatic rings. The topological polar surface area (TPSA) is 57.9 Å². The highest BCUT2D eigenvalue weighted by Crippen LogP contribution is 2.19. The van der Waals surface area contributed by atoms with Crippen LogP contribution in [-0.4, -0.2) is 12.1 Å². The Balaban J connectivity index is 3.61. The molecule has 0 radical (unpaired) electrons. The van der Waals surface area contributed by atoms with E-state index in [9.17, 15) is 9.59 Å². The first-order valence-electron chi connectivity index (χ1n) is 3.80. The molecule has 0 amide bonds. The number of hydrogen-bond donors (Lipinski definition) is 0. The van der Waals surface area contributed by atoms with Gasteiger partial charge in [-0.1, -0.05) is 0 Å². The summed E-state index contributed by atoms with van der Waals surface area (Å²) in [7, 11) is 0. The van der Waals surface area contributed by atoms with Crippen molar-refractivity contribution in [2.45, 2.75) is 6.92 Å². The molecule has 70 valence electrons. The number of carbonyl (C=O) groups excluding carboxylic acids is 2. The molecule has 1 aromatic carbocycles. The zero-order chi connectivity index (χ0) is 10.7. The molecular formula is C10H6INO2. The fourth-order valence-corrected chi connectivity index (χ4v) is 2.02. The molecular weight excluding hydrogens is 293 g/mol. The number of nitriles is 1. The van der Waals surface area contributed by atoms with E-state index in [1.807, 2.05) is 28.7 Å². The molecule has 0 aliphatic carbocycles. The lowest BCUT2D eigenvalue weighted by atomic mass is 10.0. The lowest BCUT2D eigenvalue weighted by Gasteiger charge is -2.04. The third-order valence-corrected chi connectivity index (χ3v) is 2.68. The van der Waals surface area contributed by atoms with Crippen LogP contribution in [-0.2, 0) is 0 Å². The quantitative estimate of drug-likeness (QED) is 0.478. The highest BCUT2D eigenvalue weighted by Gasteiger charge is 2.14. The minimum Gasteiger partial charge on any atom is -0.298 e. The Morgan fingerprint density at radius 3 is 2.64 bits per heavy atom. The van der Waals surface area contributed by atoms with E-state index in [4.69, 9.17) is 5.26 Å². The van der Waals surface area contributed by atoms with Crippen LogP contribution in [0.25, 0.3) is 0 Å². The molecule has 0 heterocycles. The van der Waals surface area contributed by atoms with Crippen LogP contribution in [0.1, 0.15) is 33.2 Å². The molecule has 0 N–H and O–H groups in total. The molecule has 0 aliphatic heterocycles. The lowest BCUT2D eigenvalue weighted by Crippen LogP contribution is -2.04. The standard InChI is InChI=1S/C10H6INO2/c1-6(14)10-8(5-13)7(4-12)2-3-9(10)11/h2-3,5H,1H3. The van der Waals surface area contributed by atoms with Gasteiger partial charge in [-0.2, -0.15) is 5.26 Å². The van der Waals surface area contributed by atoms with Crippen molar-refractivity contribution in [2.75, 3.05) is 0 Å². The number of halogens is 1. The van der Waals surface area contributed by atoms with Gasteiger partial charge in [-0.25, -0.2) is 0 Å². The van der Waals surface area contributed by atoms with Crippen molar-refractivity contribution in [1.29, 1.82) is 5.26 Å². The van der Waals surface area contributed by atoms with Crippen molar-refractivity contribution < 1.29 is 9.59 Å². The predicted octanol–water partition coefficient (Wildman–Crippen LogP) is 2.18. The van der Waals surface area contributed by atoms with Gasteiger partial charge in [-0.3, -0.25) is 9.59 Å². The van der Waals surface area contributed by atoms with E-state index >= 15 is 0 Å². The summed E-state index contributed by atoms with van der Waals surface area (Å²) >= 11 is 1.97. The van der Waals surface area contributed by atoms with E-state index in [-0.39, 0.29) is 16.9 Å². The monoisotopic (exact) mass is 299 g/mol. The molecule has 0 saturated heterocycles. The molecule has 1 rings (SSSR count). The fourth-order valence-electron chi connectivity index (χ4n) is 1.17. The van der Waals surface area contributed by atoms with Crippen molar-refractivity contribution in [2.24, 2.45) is 0 Å². The number of rotatable bonds is 2. The van der Waals surface area contributed by atoms with Crippen molar-refractivity contribution in [3.05, 3.63) is 32.4 Å². The number of aldehydes is 1. The highest BCUT2D eigenvalue weighted by molar-refractivity contribution is 14.1. The second-order valence-electron chi connectivity index (χ2n) is 2.67. The van der Waals surface area contributed by atoms with Crippen LogP contribution >= 0.6 is 22.6 Å². The number of carbonyl (C=O) groups is 2. The summed E-state index contributed by atoms with van der Waals surface area (Å²) in [5.74, 6) is -0.200. The van der Waals surface area contributed by atoms with Gasteiger partial charge < -0.3 is 0 Å². The first-order chi connectivity index (χ1) is 6.61. The van der Waals surface area contributed by atoms with Gasteiger partial charge in [-0.05, 0) is 41.6 Å². The van der Waals surface area contributed by atoms with Crippen LogP contribution in [0, 0.1) is 14.9 Å². The molecule has 0 bridgehead atoms. The third kappa shape index (κ3) is 1.82. The van der Waals surface area contributed by atoms with Crippen LogP contribution in [0.2, 0.25) is 0 Å². The summed E-state index contributed by atoms with van der Waals surface area (Å²) in [5.41, 5.74) is 0.761. The van der Waals surface area contributed by atoms with Gasteiger partial charge in [0.25, 0.3) is 0 Å². The van der Waals surface area contributed by atoms with E-state index in [1.165, 1.54) is 13.0 Å². The maximum Gasteiger partial charge on any atom is 0.161 e. The fraction of sp³-hybridized carbons (Fsp3) is 0.100. The van der Waals surface area contributed by atoms with Crippen molar-refractivity contribution in [1.82, 2.24) is 0 Å². The Bertz CT molecular complexity index is 446. The molecule has 0 aliphatic rings. The Morgan fingerprint density at radius 1 is 1.57 bits per heavy atom. The molecule has 0 saturated carbocycles. The van der Waals surface area contributed by atoms with Crippen LogP contribution in [0.3, 0.4) is 0 Å².